The van der Waals surface area contributed by atoms with E-state index in [1.165, 1.54) is 0 Å². The van der Waals surface area contributed by atoms with Crippen LogP contribution >= 0.6 is 0 Å². The highest BCUT2D eigenvalue weighted by atomic mass is 14.8. The number of rotatable bonds is 0. The molecule has 0 radical (unpaired) electrons. The first-order valence-electron chi connectivity index (χ1n) is 7.58. The summed E-state index contributed by atoms with van der Waals surface area (Å²) in [5, 5.41) is 6.01. The summed E-state index contributed by atoms with van der Waals surface area (Å²) >= 11 is 0. The standard InChI is InChI=1S/C20H13N3/c21-14-7-1-4-13-10-11-17-20(18(13)14)23-16-9-3-6-12-5-2-8-15(22-17)19(12)16/h1-11H,21H2. The molecule has 2 N–H and O–H groups in total. The normalized spacial score (nSPS) is 12.3. The maximum absolute atomic E-state index is 6.23. The summed E-state index contributed by atoms with van der Waals surface area (Å²) in [5.74, 6) is 0. The topological polar surface area (TPSA) is 50.7 Å². The lowest BCUT2D eigenvalue weighted by Crippen LogP contribution is -2.25. The summed E-state index contributed by atoms with van der Waals surface area (Å²) in [5.41, 5.74) is 8.86. The Labute approximate surface area is 132 Å². The molecule has 0 saturated heterocycles. The highest BCUT2D eigenvalue weighted by Gasteiger charge is 2.10. The molecule has 1 heterocycles. The number of anilines is 1. The summed E-state index contributed by atoms with van der Waals surface area (Å²) in [7, 11) is 0. The van der Waals surface area contributed by atoms with Crippen molar-refractivity contribution in [2.24, 2.45) is 9.98 Å². The molecule has 3 heteroatoms. The van der Waals surface area contributed by atoms with Crippen LogP contribution in [0.15, 0.2) is 76.7 Å². The van der Waals surface area contributed by atoms with Gasteiger partial charge in [-0.15, -0.1) is 0 Å². The van der Waals surface area contributed by atoms with Crippen molar-refractivity contribution in [3.05, 3.63) is 77.4 Å². The Hall–Kier alpha value is -3.20. The van der Waals surface area contributed by atoms with E-state index in [0.29, 0.717) is 0 Å². The van der Waals surface area contributed by atoms with Crippen LogP contribution in [-0.4, -0.2) is 0 Å². The van der Waals surface area contributed by atoms with E-state index >= 15 is 0 Å². The van der Waals surface area contributed by atoms with Crippen LogP contribution in [0, 0.1) is 0 Å². The zero-order valence-corrected chi connectivity index (χ0v) is 12.3. The van der Waals surface area contributed by atoms with E-state index < -0.39 is 0 Å². The molecule has 1 aliphatic heterocycles. The molecule has 0 unspecified atom stereocenters. The maximum Gasteiger partial charge on any atom is 0.0992 e. The van der Waals surface area contributed by atoms with Crippen LogP contribution in [0.25, 0.3) is 21.5 Å². The number of nitrogens with zero attached hydrogens (tertiary/aromatic N) is 2. The Morgan fingerprint density at radius 2 is 1.26 bits per heavy atom. The van der Waals surface area contributed by atoms with Gasteiger partial charge in [-0.1, -0.05) is 42.5 Å². The molecule has 4 aromatic rings. The van der Waals surface area contributed by atoms with Gasteiger partial charge in [0.25, 0.3) is 0 Å². The van der Waals surface area contributed by atoms with E-state index in [9.17, 15) is 0 Å². The number of hydrogen-bond acceptors (Lipinski definition) is 3. The first-order valence-corrected chi connectivity index (χ1v) is 7.58. The lowest BCUT2D eigenvalue weighted by Gasteiger charge is -2.03. The van der Waals surface area contributed by atoms with Gasteiger partial charge in [0.1, 0.15) is 0 Å². The number of benzene rings is 4. The Morgan fingerprint density at radius 1 is 0.609 bits per heavy atom. The average Bonchev–Trinajstić information content (AvgIpc) is 2.73. The minimum absolute atomic E-state index is 0.733. The molecule has 4 aromatic carbocycles. The van der Waals surface area contributed by atoms with Crippen molar-refractivity contribution in [3.63, 3.8) is 0 Å². The van der Waals surface area contributed by atoms with Gasteiger partial charge in [-0.05, 0) is 35.0 Å². The quantitative estimate of drug-likeness (QED) is 0.434. The zero-order chi connectivity index (χ0) is 15.4. The van der Waals surface area contributed by atoms with Crippen molar-refractivity contribution < 1.29 is 0 Å². The minimum Gasteiger partial charge on any atom is -0.398 e. The van der Waals surface area contributed by atoms with Gasteiger partial charge in [0, 0.05) is 16.5 Å². The average molecular weight is 295 g/mol. The minimum atomic E-state index is 0.733. The van der Waals surface area contributed by atoms with Crippen molar-refractivity contribution in [1.82, 2.24) is 0 Å². The van der Waals surface area contributed by atoms with Crippen molar-refractivity contribution >= 4 is 38.6 Å². The molecule has 0 aromatic heterocycles. The molecule has 0 fully saturated rings. The number of hydrogen-bond donors (Lipinski definition) is 1. The fraction of sp³-hybridized carbons (Fsp3) is 0. The predicted molar refractivity (Wildman–Crippen MR) is 93.9 cm³/mol. The molecule has 0 amide bonds. The first-order chi connectivity index (χ1) is 11.3. The van der Waals surface area contributed by atoms with Gasteiger partial charge in [-0.25, -0.2) is 9.98 Å². The summed E-state index contributed by atoms with van der Waals surface area (Å²) in [4.78, 5) is 9.80. The fourth-order valence-corrected chi connectivity index (χ4v) is 3.32. The second kappa shape index (κ2) is 4.40. The summed E-state index contributed by atoms with van der Waals surface area (Å²) in [6, 6.07) is 22.3. The van der Waals surface area contributed by atoms with E-state index in [0.717, 1.165) is 49.3 Å². The van der Waals surface area contributed by atoms with Gasteiger partial charge in [0.15, 0.2) is 0 Å². The molecule has 5 rings (SSSR count). The molecule has 3 nitrogen and oxygen atoms in total. The van der Waals surface area contributed by atoms with Crippen LogP contribution in [0.2, 0.25) is 0 Å². The molecule has 0 aliphatic carbocycles. The third-order valence-corrected chi connectivity index (χ3v) is 4.36. The molecule has 0 saturated carbocycles. The molecule has 108 valence electrons. The van der Waals surface area contributed by atoms with Gasteiger partial charge in [-0.2, -0.15) is 0 Å². The maximum atomic E-state index is 6.23. The predicted octanol–water partition coefficient (Wildman–Crippen LogP) is 3.79. The van der Waals surface area contributed by atoms with Crippen molar-refractivity contribution in [2.45, 2.75) is 0 Å². The van der Waals surface area contributed by atoms with Crippen LogP contribution in [0.1, 0.15) is 0 Å². The van der Waals surface area contributed by atoms with Crippen LogP contribution in [0.3, 0.4) is 0 Å². The lowest BCUT2D eigenvalue weighted by molar-refractivity contribution is 1.28. The first kappa shape index (κ1) is 12.4. The fourth-order valence-electron chi connectivity index (χ4n) is 3.32. The largest absolute Gasteiger partial charge is 0.398 e. The van der Waals surface area contributed by atoms with E-state index in [1.54, 1.807) is 0 Å². The van der Waals surface area contributed by atoms with E-state index in [2.05, 4.69) is 24.3 Å². The molecular formula is C20H13N3. The zero-order valence-electron chi connectivity index (χ0n) is 12.3. The van der Waals surface area contributed by atoms with Crippen molar-refractivity contribution in [3.8, 4) is 0 Å². The Balaban J connectivity index is 2.09. The van der Waals surface area contributed by atoms with E-state index in [1.807, 2.05) is 42.5 Å². The number of nitrogens with two attached hydrogens (primary N) is 1. The van der Waals surface area contributed by atoms with Crippen LogP contribution < -0.4 is 16.4 Å². The molecular weight excluding hydrogens is 282 g/mol. The highest BCUT2D eigenvalue weighted by molar-refractivity contribution is 6.01. The number of fused-ring (bicyclic) bond motifs is 3. The lowest BCUT2D eigenvalue weighted by atomic mass is 10.1. The Kier molecular flexibility index (Phi) is 2.36. The van der Waals surface area contributed by atoms with Crippen LogP contribution in [0.4, 0.5) is 17.1 Å². The Morgan fingerprint density at radius 3 is 2.04 bits per heavy atom. The summed E-state index contributed by atoms with van der Waals surface area (Å²) in [6.45, 7) is 0. The van der Waals surface area contributed by atoms with Gasteiger partial charge >= 0.3 is 0 Å². The van der Waals surface area contributed by atoms with E-state index in [4.69, 9.17) is 15.7 Å². The second-order valence-electron chi connectivity index (χ2n) is 5.75. The van der Waals surface area contributed by atoms with Crippen molar-refractivity contribution in [1.29, 1.82) is 0 Å². The van der Waals surface area contributed by atoms with Crippen molar-refractivity contribution in [2.75, 3.05) is 5.73 Å². The smallest absolute Gasteiger partial charge is 0.0992 e. The molecule has 23 heavy (non-hydrogen) atoms. The highest BCUT2D eigenvalue weighted by Crippen LogP contribution is 2.34. The van der Waals surface area contributed by atoms with Gasteiger partial charge in [-0.3, -0.25) is 0 Å². The SMILES string of the molecule is Nc1cccc2ccc3c(c12)=Nc1cccc2cccc(c12)N=3. The third kappa shape index (κ3) is 1.70. The summed E-state index contributed by atoms with van der Waals surface area (Å²) in [6.07, 6.45) is 0. The van der Waals surface area contributed by atoms with Crippen LogP contribution in [-0.2, 0) is 0 Å². The molecule has 1 aliphatic rings. The third-order valence-electron chi connectivity index (χ3n) is 4.36. The van der Waals surface area contributed by atoms with Gasteiger partial charge < -0.3 is 5.73 Å². The number of nitrogen functional groups attached to an aromatic ring is 1. The summed E-state index contributed by atoms with van der Waals surface area (Å²) < 4.78 is 0. The molecule has 0 atom stereocenters. The Bertz CT molecular complexity index is 1220. The van der Waals surface area contributed by atoms with Gasteiger partial charge in [0.2, 0.25) is 0 Å². The van der Waals surface area contributed by atoms with Gasteiger partial charge in [0.05, 0.1) is 22.1 Å². The monoisotopic (exact) mass is 295 g/mol. The van der Waals surface area contributed by atoms with Crippen LogP contribution in [0.5, 0.6) is 0 Å². The molecule has 0 spiro atoms. The molecule has 0 bridgehead atoms. The second-order valence-corrected chi connectivity index (χ2v) is 5.75. The van der Waals surface area contributed by atoms with E-state index in [-0.39, 0.29) is 0 Å².